The van der Waals surface area contributed by atoms with E-state index >= 15 is 0 Å². The van der Waals surface area contributed by atoms with E-state index in [2.05, 4.69) is 19.1 Å². The molecule has 1 atom stereocenters. The summed E-state index contributed by atoms with van der Waals surface area (Å²) in [6.45, 7) is 3.39. The number of carboxylic acids is 1. The van der Waals surface area contributed by atoms with Gasteiger partial charge in [-0.1, -0.05) is 19.1 Å². The maximum Gasteiger partial charge on any atom is 0.300 e. The Hall–Kier alpha value is -0.790. The average molecular weight is 156 g/mol. The molecule has 0 aromatic carbocycles. The Morgan fingerprint density at radius 3 is 2.27 bits per heavy atom. The van der Waals surface area contributed by atoms with Crippen LogP contribution in [0.4, 0.5) is 0 Å². The summed E-state index contributed by atoms with van der Waals surface area (Å²) in [5.41, 5.74) is 0. The monoisotopic (exact) mass is 156 g/mol. The Morgan fingerprint density at radius 2 is 2.09 bits per heavy atom. The van der Waals surface area contributed by atoms with Crippen LogP contribution in [-0.2, 0) is 4.79 Å². The van der Waals surface area contributed by atoms with E-state index in [-0.39, 0.29) is 0 Å². The average Bonchev–Trinajstić information content (AvgIpc) is 1.87. The number of allylic oxidation sites excluding steroid dienone is 2. The summed E-state index contributed by atoms with van der Waals surface area (Å²) in [4.78, 5) is 9.00. The second-order valence-corrected chi connectivity index (χ2v) is 2.91. The van der Waals surface area contributed by atoms with Crippen molar-refractivity contribution < 1.29 is 9.90 Å². The van der Waals surface area contributed by atoms with E-state index in [1.807, 2.05) is 0 Å². The fraction of sp³-hybridized carbons (Fsp3) is 0.667. The molecule has 0 amide bonds. The molecule has 1 unspecified atom stereocenters. The van der Waals surface area contributed by atoms with Crippen molar-refractivity contribution in [1.82, 2.24) is 0 Å². The maximum atomic E-state index is 9.00. The zero-order chi connectivity index (χ0) is 8.69. The number of hydrogen-bond acceptors (Lipinski definition) is 1. The van der Waals surface area contributed by atoms with Crippen LogP contribution < -0.4 is 0 Å². The molecule has 0 aromatic heterocycles. The minimum absolute atomic E-state index is 0.833. The molecule has 2 heteroatoms. The van der Waals surface area contributed by atoms with Gasteiger partial charge < -0.3 is 5.11 Å². The molecule has 0 aliphatic heterocycles. The molecule has 0 aromatic rings. The second-order valence-electron chi connectivity index (χ2n) is 2.91. The topological polar surface area (TPSA) is 37.3 Å². The summed E-state index contributed by atoms with van der Waals surface area (Å²) in [7, 11) is 0. The summed E-state index contributed by atoms with van der Waals surface area (Å²) >= 11 is 0. The van der Waals surface area contributed by atoms with Crippen molar-refractivity contribution in [2.45, 2.75) is 33.1 Å². The van der Waals surface area contributed by atoms with Gasteiger partial charge in [-0.15, -0.1) is 0 Å². The van der Waals surface area contributed by atoms with Gasteiger partial charge in [0.15, 0.2) is 0 Å². The first-order chi connectivity index (χ1) is 5.13. The van der Waals surface area contributed by atoms with Crippen molar-refractivity contribution in [3.05, 3.63) is 12.2 Å². The fourth-order valence-electron chi connectivity index (χ4n) is 0.945. The third kappa shape index (κ3) is 9.21. The smallest absolute Gasteiger partial charge is 0.300 e. The summed E-state index contributed by atoms with van der Waals surface area (Å²) in [5, 5.41) is 7.42. The highest BCUT2D eigenvalue weighted by atomic mass is 16.4. The lowest BCUT2D eigenvalue weighted by atomic mass is 9.97. The highest BCUT2D eigenvalue weighted by Gasteiger charge is 2.00. The van der Waals surface area contributed by atoms with Crippen molar-refractivity contribution in [3.63, 3.8) is 0 Å². The van der Waals surface area contributed by atoms with Crippen LogP contribution in [0.2, 0.25) is 0 Å². The van der Waals surface area contributed by atoms with E-state index in [0.717, 1.165) is 12.8 Å². The van der Waals surface area contributed by atoms with E-state index in [1.165, 1.54) is 19.3 Å². The fourth-order valence-corrected chi connectivity index (χ4v) is 0.945. The molecule has 11 heavy (non-hydrogen) atoms. The van der Waals surface area contributed by atoms with Crippen LogP contribution in [0.1, 0.15) is 33.1 Å². The zero-order valence-electron chi connectivity index (χ0n) is 7.21. The highest BCUT2D eigenvalue weighted by molar-refractivity contribution is 5.62. The molecule has 2 nitrogen and oxygen atoms in total. The minimum Gasteiger partial charge on any atom is -0.481 e. The van der Waals surface area contributed by atoms with Gasteiger partial charge in [0.25, 0.3) is 5.97 Å². The van der Waals surface area contributed by atoms with Crippen LogP contribution in [0.3, 0.4) is 0 Å². The molecule has 1 rings (SSSR count). The molecule has 0 spiro atoms. The molecule has 1 N–H and O–H groups in total. The van der Waals surface area contributed by atoms with Crippen molar-refractivity contribution in [1.29, 1.82) is 0 Å². The molecular formula is C9H16O2. The summed E-state index contributed by atoms with van der Waals surface area (Å²) < 4.78 is 0. The standard InChI is InChI=1S/C7H12.C2H4O2/c1-7-5-3-2-4-6-7;1-2(3)4/h2-3,7H,4-6H2,1H3;1H3,(H,3,4). The number of carboxylic acid groups (broad SMARTS) is 1. The van der Waals surface area contributed by atoms with E-state index in [4.69, 9.17) is 9.90 Å². The maximum absolute atomic E-state index is 9.00. The molecule has 0 saturated carbocycles. The van der Waals surface area contributed by atoms with Gasteiger partial charge >= 0.3 is 0 Å². The Bertz CT molecular complexity index is 134. The summed E-state index contributed by atoms with van der Waals surface area (Å²) in [6.07, 6.45) is 8.58. The van der Waals surface area contributed by atoms with Crippen molar-refractivity contribution in [2.24, 2.45) is 5.92 Å². The number of hydrogen-bond donors (Lipinski definition) is 1. The highest BCUT2D eigenvalue weighted by Crippen LogP contribution is 2.15. The van der Waals surface area contributed by atoms with Gasteiger partial charge in [0.1, 0.15) is 0 Å². The van der Waals surface area contributed by atoms with Gasteiger partial charge in [-0.05, 0) is 25.2 Å². The Morgan fingerprint density at radius 1 is 1.55 bits per heavy atom. The van der Waals surface area contributed by atoms with Gasteiger partial charge in [0.05, 0.1) is 0 Å². The third-order valence-corrected chi connectivity index (χ3v) is 1.53. The SMILES string of the molecule is CC(=O)O.CC1CC=CCC1. The van der Waals surface area contributed by atoms with Crippen LogP contribution in [-0.4, -0.2) is 11.1 Å². The van der Waals surface area contributed by atoms with Crippen LogP contribution in [0.25, 0.3) is 0 Å². The first-order valence-electron chi connectivity index (χ1n) is 3.97. The van der Waals surface area contributed by atoms with Crippen LogP contribution in [0.15, 0.2) is 12.2 Å². The van der Waals surface area contributed by atoms with E-state index in [1.54, 1.807) is 0 Å². The molecule has 0 heterocycles. The molecule has 64 valence electrons. The molecule has 1 aliphatic rings. The van der Waals surface area contributed by atoms with Crippen molar-refractivity contribution in [3.8, 4) is 0 Å². The Labute approximate surface area is 67.9 Å². The lowest BCUT2D eigenvalue weighted by molar-refractivity contribution is -0.134. The van der Waals surface area contributed by atoms with E-state index in [0.29, 0.717) is 0 Å². The summed E-state index contributed by atoms with van der Waals surface area (Å²) in [5.74, 6) is 0.116. The molecule has 0 radical (unpaired) electrons. The van der Waals surface area contributed by atoms with Gasteiger partial charge in [0, 0.05) is 6.92 Å². The first-order valence-corrected chi connectivity index (χ1v) is 3.97. The van der Waals surface area contributed by atoms with Crippen molar-refractivity contribution in [2.75, 3.05) is 0 Å². The molecule has 0 bridgehead atoms. The number of carbonyl (C=O) groups is 1. The van der Waals surface area contributed by atoms with Crippen LogP contribution in [0.5, 0.6) is 0 Å². The van der Waals surface area contributed by atoms with Gasteiger partial charge in [-0.25, -0.2) is 0 Å². The lowest BCUT2D eigenvalue weighted by Crippen LogP contribution is -1.94. The molecular weight excluding hydrogens is 140 g/mol. The Balaban J connectivity index is 0.000000218. The summed E-state index contributed by atoms with van der Waals surface area (Å²) in [6, 6.07) is 0. The number of aliphatic carboxylic acids is 1. The molecule has 1 aliphatic carbocycles. The predicted octanol–water partition coefficient (Wildman–Crippen LogP) is 2.45. The van der Waals surface area contributed by atoms with E-state index in [9.17, 15) is 0 Å². The van der Waals surface area contributed by atoms with Gasteiger partial charge in [-0.3, -0.25) is 4.79 Å². The largest absolute Gasteiger partial charge is 0.481 e. The second kappa shape index (κ2) is 5.96. The van der Waals surface area contributed by atoms with Crippen LogP contribution in [0, 0.1) is 5.92 Å². The zero-order valence-corrected chi connectivity index (χ0v) is 7.21. The van der Waals surface area contributed by atoms with Crippen LogP contribution >= 0.6 is 0 Å². The molecule has 0 saturated heterocycles. The Kier molecular flexibility index (Phi) is 5.53. The lowest BCUT2D eigenvalue weighted by Gasteiger charge is -2.09. The number of rotatable bonds is 0. The van der Waals surface area contributed by atoms with Gasteiger partial charge in [-0.2, -0.15) is 0 Å². The molecule has 0 fully saturated rings. The van der Waals surface area contributed by atoms with Gasteiger partial charge in [0.2, 0.25) is 0 Å². The quantitative estimate of drug-likeness (QED) is 0.547. The third-order valence-electron chi connectivity index (χ3n) is 1.53. The first kappa shape index (κ1) is 10.2. The normalized spacial score (nSPS) is 21.8. The van der Waals surface area contributed by atoms with Crippen molar-refractivity contribution >= 4 is 5.97 Å². The predicted molar refractivity (Wildman–Crippen MR) is 45.5 cm³/mol. The minimum atomic E-state index is -0.833. The van der Waals surface area contributed by atoms with E-state index < -0.39 is 5.97 Å².